The monoisotopic (exact) mass is 309 g/mol. The van der Waals surface area contributed by atoms with Crippen molar-refractivity contribution in [3.8, 4) is 5.69 Å². The fourth-order valence-corrected chi connectivity index (χ4v) is 3.05. The summed E-state index contributed by atoms with van der Waals surface area (Å²) >= 11 is 0. The molecule has 6 nitrogen and oxygen atoms in total. The van der Waals surface area contributed by atoms with Crippen LogP contribution in [0.15, 0.2) is 61.1 Å². The lowest BCUT2D eigenvalue weighted by molar-refractivity contribution is -0.00833. The van der Waals surface area contributed by atoms with Crippen LogP contribution in [0, 0.1) is 0 Å². The zero-order valence-electron chi connectivity index (χ0n) is 12.7. The van der Waals surface area contributed by atoms with E-state index in [9.17, 15) is 5.11 Å². The average Bonchev–Trinajstić information content (AvgIpc) is 3.24. The SMILES string of the molecule is O[C@@H]1C[C@H](NCc2ccn(-c3ccccc3)n2)[C@H]1n1cccn1. The van der Waals surface area contributed by atoms with Gasteiger partial charge in [-0.25, -0.2) is 4.68 Å². The molecule has 1 fully saturated rings. The number of nitrogens with zero attached hydrogens (tertiary/aromatic N) is 4. The van der Waals surface area contributed by atoms with Crippen molar-refractivity contribution >= 4 is 0 Å². The van der Waals surface area contributed by atoms with E-state index in [4.69, 9.17) is 0 Å². The first-order chi connectivity index (χ1) is 11.3. The lowest BCUT2D eigenvalue weighted by atomic mass is 9.83. The molecular formula is C17H19N5O. The number of aliphatic hydroxyl groups is 1. The van der Waals surface area contributed by atoms with E-state index in [1.165, 1.54) is 0 Å². The Bertz CT molecular complexity index is 752. The van der Waals surface area contributed by atoms with Crippen LogP contribution in [0.4, 0.5) is 0 Å². The number of nitrogens with one attached hydrogen (secondary N) is 1. The van der Waals surface area contributed by atoms with Crippen LogP contribution >= 0.6 is 0 Å². The summed E-state index contributed by atoms with van der Waals surface area (Å²) in [4.78, 5) is 0. The van der Waals surface area contributed by atoms with Gasteiger partial charge in [-0.2, -0.15) is 10.2 Å². The molecule has 6 heteroatoms. The first-order valence-electron chi connectivity index (χ1n) is 7.82. The van der Waals surface area contributed by atoms with E-state index in [0.29, 0.717) is 6.54 Å². The zero-order chi connectivity index (χ0) is 15.6. The van der Waals surface area contributed by atoms with E-state index in [-0.39, 0.29) is 18.2 Å². The summed E-state index contributed by atoms with van der Waals surface area (Å²) in [6, 6.07) is 14.2. The molecule has 1 saturated carbocycles. The lowest BCUT2D eigenvalue weighted by Gasteiger charge is -2.42. The molecule has 0 bridgehead atoms. The van der Waals surface area contributed by atoms with Crippen LogP contribution in [0.2, 0.25) is 0 Å². The van der Waals surface area contributed by atoms with Crippen molar-refractivity contribution in [3.63, 3.8) is 0 Å². The molecule has 118 valence electrons. The third-order valence-corrected chi connectivity index (χ3v) is 4.34. The van der Waals surface area contributed by atoms with Gasteiger partial charge in [0.25, 0.3) is 0 Å². The maximum atomic E-state index is 9.98. The third kappa shape index (κ3) is 2.78. The van der Waals surface area contributed by atoms with Gasteiger partial charge in [-0.15, -0.1) is 0 Å². The Balaban J connectivity index is 1.39. The Morgan fingerprint density at radius 2 is 2.00 bits per heavy atom. The zero-order valence-corrected chi connectivity index (χ0v) is 12.7. The minimum absolute atomic E-state index is 0.00112. The molecule has 2 heterocycles. The number of aliphatic hydroxyl groups excluding tert-OH is 1. The van der Waals surface area contributed by atoms with E-state index in [1.54, 1.807) is 6.20 Å². The van der Waals surface area contributed by atoms with E-state index >= 15 is 0 Å². The molecule has 1 aliphatic carbocycles. The highest BCUT2D eigenvalue weighted by atomic mass is 16.3. The van der Waals surface area contributed by atoms with Crippen molar-refractivity contribution in [2.24, 2.45) is 0 Å². The van der Waals surface area contributed by atoms with Gasteiger partial charge in [0.15, 0.2) is 0 Å². The number of aromatic nitrogens is 4. The molecule has 0 aliphatic heterocycles. The number of benzene rings is 1. The molecule has 0 radical (unpaired) electrons. The Morgan fingerprint density at radius 3 is 2.74 bits per heavy atom. The van der Waals surface area contributed by atoms with Crippen molar-refractivity contribution in [1.82, 2.24) is 24.9 Å². The molecule has 4 rings (SSSR count). The molecular weight excluding hydrogens is 290 g/mol. The van der Waals surface area contributed by atoms with Crippen LogP contribution in [0.1, 0.15) is 18.2 Å². The summed E-state index contributed by atoms with van der Waals surface area (Å²) in [5.74, 6) is 0. The molecule has 0 unspecified atom stereocenters. The highest BCUT2D eigenvalue weighted by Gasteiger charge is 2.41. The topological polar surface area (TPSA) is 67.9 Å². The van der Waals surface area contributed by atoms with Crippen molar-refractivity contribution < 1.29 is 5.11 Å². The molecule has 0 spiro atoms. The quantitative estimate of drug-likeness (QED) is 0.750. The third-order valence-electron chi connectivity index (χ3n) is 4.34. The van der Waals surface area contributed by atoms with Gasteiger partial charge in [-0.05, 0) is 30.7 Å². The van der Waals surface area contributed by atoms with E-state index in [0.717, 1.165) is 17.8 Å². The number of hydrogen-bond donors (Lipinski definition) is 2. The predicted molar refractivity (Wildman–Crippen MR) is 86.1 cm³/mol. The molecule has 23 heavy (non-hydrogen) atoms. The molecule has 3 atom stereocenters. The van der Waals surface area contributed by atoms with Crippen LogP contribution < -0.4 is 5.32 Å². The first-order valence-corrected chi connectivity index (χ1v) is 7.82. The minimum Gasteiger partial charge on any atom is -0.391 e. The Kier molecular flexibility index (Phi) is 3.69. The first kappa shape index (κ1) is 14.2. The highest BCUT2D eigenvalue weighted by Crippen LogP contribution is 2.32. The van der Waals surface area contributed by atoms with Gasteiger partial charge in [-0.3, -0.25) is 4.68 Å². The Morgan fingerprint density at radius 1 is 1.13 bits per heavy atom. The summed E-state index contributed by atoms with van der Waals surface area (Å²) in [6.45, 7) is 0.676. The van der Waals surface area contributed by atoms with Gasteiger partial charge in [0.2, 0.25) is 0 Å². The molecule has 1 aliphatic rings. The summed E-state index contributed by atoms with van der Waals surface area (Å²) in [7, 11) is 0. The van der Waals surface area contributed by atoms with E-state index in [2.05, 4.69) is 15.5 Å². The van der Waals surface area contributed by atoms with E-state index < -0.39 is 0 Å². The van der Waals surface area contributed by atoms with Gasteiger partial charge < -0.3 is 10.4 Å². The van der Waals surface area contributed by atoms with Crippen LogP contribution in [-0.2, 0) is 6.54 Å². The minimum atomic E-state index is -0.339. The van der Waals surface area contributed by atoms with Crippen molar-refractivity contribution in [3.05, 3.63) is 66.7 Å². The second kappa shape index (κ2) is 5.98. The van der Waals surface area contributed by atoms with Crippen molar-refractivity contribution in [2.75, 3.05) is 0 Å². The van der Waals surface area contributed by atoms with Crippen LogP contribution in [0.25, 0.3) is 5.69 Å². The number of para-hydroxylation sites is 1. The Labute approximate surface area is 134 Å². The largest absolute Gasteiger partial charge is 0.391 e. The number of rotatable bonds is 5. The van der Waals surface area contributed by atoms with Crippen LogP contribution in [0.3, 0.4) is 0 Å². The normalized spacial score (nSPS) is 23.6. The Hall–Kier alpha value is -2.44. The van der Waals surface area contributed by atoms with Gasteiger partial charge in [0.05, 0.1) is 23.5 Å². The van der Waals surface area contributed by atoms with Gasteiger partial charge in [0.1, 0.15) is 0 Å². The molecule has 2 aromatic heterocycles. The maximum Gasteiger partial charge on any atom is 0.0932 e. The van der Waals surface area contributed by atoms with Crippen molar-refractivity contribution in [1.29, 1.82) is 0 Å². The van der Waals surface area contributed by atoms with Gasteiger partial charge in [0, 0.05) is 31.2 Å². The van der Waals surface area contributed by atoms with Crippen LogP contribution in [-0.4, -0.2) is 36.8 Å². The molecule has 2 N–H and O–H groups in total. The summed E-state index contributed by atoms with van der Waals surface area (Å²) in [6.07, 6.45) is 6.00. The van der Waals surface area contributed by atoms with Crippen LogP contribution in [0.5, 0.6) is 0 Å². The average molecular weight is 309 g/mol. The molecule has 0 saturated heterocycles. The fraction of sp³-hybridized carbons (Fsp3) is 0.294. The lowest BCUT2D eigenvalue weighted by Crippen LogP contribution is -2.54. The second-order valence-electron chi connectivity index (χ2n) is 5.85. The summed E-state index contributed by atoms with van der Waals surface area (Å²) < 4.78 is 3.70. The number of hydrogen-bond acceptors (Lipinski definition) is 4. The highest BCUT2D eigenvalue weighted by molar-refractivity contribution is 5.30. The fourth-order valence-electron chi connectivity index (χ4n) is 3.05. The van der Waals surface area contributed by atoms with Crippen molar-refractivity contribution in [2.45, 2.75) is 31.2 Å². The molecule has 3 aromatic rings. The molecule has 1 aromatic carbocycles. The second-order valence-corrected chi connectivity index (χ2v) is 5.85. The van der Waals surface area contributed by atoms with E-state index in [1.807, 2.05) is 64.2 Å². The maximum absolute atomic E-state index is 9.98. The van der Waals surface area contributed by atoms with Gasteiger partial charge >= 0.3 is 0 Å². The summed E-state index contributed by atoms with van der Waals surface area (Å²) in [5, 5.41) is 22.3. The smallest absolute Gasteiger partial charge is 0.0932 e. The van der Waals surface area contributed by atoms with Gasteiger partial charge in [-0.1, -0.05) is 18.2 Å². The standard InChI is InChI=1S/C17H19N5O/c23-16-11-15(17(16)22-9-4-8-19-22)18-12-13-7-10-21(20-13)14-5-2-1-3-6-14/h1-10,15-18,23H,11-12H2/t15-,16+,17+/m0/s1. The summed E-state index contributed by atoms with van der Waals surface area (Å²) in [5.41, 5.74) is 2.03. The molecule has 0 amide bonds. The predicted octanol–water partition coefficient (Wildman–Crippen LogP) is 1.53.